The summed E-state index contributed by atoms with van der Waals surface area (Å²) in [4.78, 5) is 20.7. The molecule has 0 bridgehead atoms. The molecule has 0 saturated heterocycles. The van der Waals surface area contributed by atoms with Crippen molar-refractivity contribution in [3.05, 3.63) is 16.4 Å². The van der Waals surface area contributed by atoms with E-state index in [0.717, 1.165) is 58.1 Å². The van der Waals surface area contributed by atoms with E-state index in [1.165, 1.54) is 6.20 Å². The maximum absolute atomic E-state index is 13.0. The molecular formula is C18H31BrN2O4SSn. The third-order valence-electron chi connectivity index (χ3n) is 4.51. The normalized spacial score (nSPS) is 12.2. The Morgan fingerprint density at radius 3 is 1.96 bits per heavy atom. The first-order valence-corrected chi connectivity index (χ1v) is 19.6. The molecule has 0 radical (unpaired) electrons. The summed E-state index contributed by atoms with van der Waals surface area (Å²) in [5.41, 5.74) is 0.0102. The first-order chi connectivity index (χ1) is 12.7. The van der Waals surface area contributed by atoms with Crippen LogP contribution in [0.15, 0.2) is 15.8 Å². The van der Waals surface area contributed by atoms with Gasteiger partial charge < -0.3 is 0 Å². The summed E-state index contributed by atoms with van der Waals surface area (Å²) in [5, 5.41) is -0.353. The van der Waals surface area contributed by atoms with E-state index in [-0.39, 0.29) is 10.9 Å². The van der Waals surface area contributed by atoms with E-state index in [1.54, 1.807) is 0 Å². The summed E-state index contributed by atoms with van der Waals surface area (Å²) in [5.74, 6) is -0.506. The standard InChI is InChI=1S/C6H5BrN2O4S.3C4H9.Sn/c1-14(12,13)6-8-2-3(7)4(9-6)5(10)11;3*1-3-4-2;/h2H,1H3,(H,10,11);3*1,3-4H2,2H3;/q;;;;+1/p-1. The van der Waals surface area contributed by atoms with E-state index in [4.69, 9.17) is 3.07 Å². The zero-order valence-electron chi connectivity index (χ0n) is 16.8. The molecular weight excluding hydrogens is 539 g/mol. The van der Waals surface area contributed by atoms with Gasteiger partial charge in [0.15, 0.2) is 0 Å². The topological polar surface area (TPSA) is 86.2 Å². The van der Waals surface area contributed by atoms with Crippen LogP contribution in [0, 0.1) is 0 Å². The summed E-state index contributed by atoms with van der Waals surface area (Å²) in [7, 11) is -3.60. The van der Waals surface area contributed by atoms with Gasteiger partial charge >= 0.3 is 177 Å². The van der Waals surface area contributed by atoms with E-state index in [2.05, 4.69) is 46.7 Å². The number of halogens is 1. The number of unbranched alkanes of at least 4 members (excludes halogenated alkanes) is 3. The van der Waals surface area contributed by atoms with Gasteiger partial charge in [-0.3, -0.25) is 0 Å². The van der Waals surface area contributed by atoms with Crippen molar-refractivity contribution in [1.29, 1.82) is 0 Å². The minimum atomic E-state index is -3.60. The predicted octanol–water partition coefficient (Wildman–Crippen LogP) is 5.15. The van der Waals surface area contributed by atoms with Gasteiger partial charge in [0.1, 0.15) is 0 Å². The average molecular weight is 570 g/mol. The van der Waals surface area contributed by atoms with Gasteiger partial charge in [-0.05, 0) is 0 Å². The van der Waals surface area contributed by atoms with Crippen LogP contribution in [-0.2, 0) is 12.9 Å². The van der Waals surface area contributed by atoms with Crippen LogP contribution >= 0.6 is 15.9 Å². The first-order valence-electron chi connectivity index (χ1n) is 9.65. The second kappa shape index (κ2) is 11.7. The van der Waals surface area contributed by atoms with Crippen molar-refractivity contribution in [2.24, 2.45) is 0 Å². The van der Waals surface area contributed by atoms with E-state index in [9.17, 15) is 13.2 Å². The molecule has 1 heterocycles. The van der Waals surface area contributed by atoms with Crippen LogP contribution in [0.2, 0.25) is 13.3 Å². The van der Waals surface area contributed by atoms with Gasteiger partial charge in [-0.2, -0.15) is 0 Å². The summed E-state index contributed by atoms with van der Waals surface area (Å²) in [6, 6.07) is 0. The van der Waals surface area contributed by atoms with Crippen molar-refractivity contribution >= 4 is 50.5 Å². The molecule has 27 heavy (non-hydrogen) atoms. The fourth-order valence-electron chi connectivity index (χ4n) is 2.94. The Balaban J connectivity index is 3.20. The van der Waals surface area contributed by atoms with Crippen molar-refractivity contribution in [2.45, 2.75) is 77.8 Å². The van der Waals surface area contributed by atoms with Gasteiger partial charge in [-0.1, -0.05) is 0 Å². The van der Waals surface area contributed by atoms with Crippen molar-refractivity contribution < 1.29 is 16.3 Å². The molecule has 1 rings (SSSR count). The Kier molecular flexibility index (Phi) is 10.8. The molecule has 0 aliphatic carbocycles. The van der Waals surface area contributed by atoms with Crippen LogP contribution in [-0.4, -0.2) is 49.4 Å². The van der Waals surface area contributed by atoms with E-state index >= 15 is 0 Å². The Labute approximate surface area is 176 Å². The zero-order chi connectivity index (χ0) is 20.5. The predicted molar refractivity (Wildman–Crippen MR) is 113 cm³/mol. The molecule has 0 unspecified atom stereocenters. The van der Waals surface area contributed by atoms with Crippen LogP contribution in [0.25, 0.3) is 0 Å². The molecule has 0 aromatic carbocycles. The summed E-state index contributed by atoms with van der Waals surface area (Å²) < 4.78 is 33.1. The van der Waals surface area contributed by atoms with E-state index in [1.807, 2.05) is 0 Å². The molecule has 0 N–H and O–H groups in total. The van der Waals surface area contributed by atoms with Gasteiger partial charge in [0.2, 0.25) is 0 Å². The van der Waals surface area contributed by atoms with Crippen LogP contribution in [0.5, 0.6) is 0 Å². The van der Waals surface area contributed by atoms with E-state index in [0.29, 0.717) is 4.47 Å². The molecule has 0 aliphatic rings. The fourth-order valence-corrected chi connectivity index (χ4v) is 16.8. The van der Waals surface area contributed by atoms with Crippen molar-refractivity contribution in [2.75, 3.05) is 6.26 Å². The van der Waals surface area contributed by atoms with Gasteiger partial charge in [0.25, 0.3) is 0 Å². The second-order valence-corrected chi connectivity index (χ2v) is 21.4. The molecule has 1 aromatic heterocycles. The minimum absolute atomic E-state index is 0.0102. The van der Waals surface area contributed by atoms with Crippen LogP contribution in [0.4, 0.5) is 0 Å². The molecule has 0 spiro atoms. The summed E-state index contributed by atoms with van der Waals surface area (Å²) in [6.07, 6.45) is 8.75. The monoisotopic (exact) mass is 570 g/mol. The first kappa shape index (κ1) is 24.8. The molecule has 1 aromatic rings. The number of nitrogens with zero attached hydrogens (tertiary/aromatic N) is 2. The number of aromatic nitrogens is 2. The molecule has 0 saturated carbocycles. The number of carbonyl (C=O) groups excluding carboxylic acids is 1. The molecule has 6 nitrogen and oxygen atoms in total. The van der Waals surface area contributed by atoms with Crippen molar-refractivity contribution in [3.63, 3.8) is 0 Å². The fraction of sp³-hybridized carbons (Fsp3) is 0.722. The number of hydrogen-bond donors (Lipinski definition) is 0. The third kappa shape index (κ3) is 7.96. The quantitative estimate of drug-likeness (QED) is 0.256. The van der Waals surface area contributed by atoms with Crippen molar-refractivity contribution in [1.82, 2.24) is 9.97 Å². The SMILES string of the molecule is CCC[CH2][Sn]([CH2]CCC)([CH2]CCC)[O]C(=O)c1nc(S(C)(=O)=O)ncc1Br. The van der Waals surface area contributed by atoms with Crippen molar-refractivity contribution in [3.8, 4) is 0 Å². The van der Waals surface area contributed by atoms with Gasteiger partial charge in [0.05, 0.1) is 0 Å². The number of sulfone groups is 1. The van der Waals surface area contributed by atoms with Gasteiger partial charge in [-0.15, -0.1) is 0 Å². The molecule has 0 amide bonds. The maximum atomic E-state index is 13.0. The molecule has 154 valence electrons. The van der Waals surface area contributed by atoms with Crippen LogP contribution in [0.1, 0.15) is 69.8 Å². The van der Waals surface area contributed by atoms with Gasteiger partial charge in [-0.25, -0.2) is 0 Å². The van der Waals surface area contributed by atoms with E-state index < -0.39 is 34.6 Å². The molecule has 9 heteroatoms. The second-order valence-electron chi connectivity index (χ2n) is 7.00. The number of hydrogen-bond acceptors (Lipinski definition) is 6. The Bertz CT molecular complexity index is 706. The number of carbonyl (C=O) groups is 1. The zero-order valence-corrected chi connectivity index (χ0v) is 22.0. The average Bonchev–Trinajstić information content (AvgIpc) is 2.62. The molecule has 0 aliphatic heterocycles. The van der Waals surface area contributed by atoms with Crippen LogP contribution < -0.4 is 0 Å². The summed E-state index contributed by atoms with van der Waals surface area (Å²) in [6.45, 7) is 6.45. The van der Waals surface area contributed by atoms with Crippen LogP contribution in [0.3, 0.4) is 0 Å². The summed E-state index contributed by atoms with van der Waals surface area (Å²) >= 11 is 0.106. The Morgan fingerprint density at radius 2 is 1.56 bits per heavy atom. The molecule has 0 atom stereocenters. The Morgan fingerprint density at radius 1 is 1.07 bits per heavy atom. The Hall–Kier alpha value is -0.221. The third-order valence-corrected chi connectivity index (χ3v) is 18.5. The number of rotatable bonds is 12. The van der Waals surface area contributed by atoms with Gasteiger partial charge in [0, 0.05) is 0 Å². The molecule has 0 fully saturated rings.